The van der Waals surface area contributed by atoms with E-state index in [9.17, 15) is 22.8 Å². The molecule has 3 atom stereocenters. The van der Waals surface area contributed by atoms with Gasteiger partial charge in [-0.15, -0.1) is 13.2 Å². The molecule has 1 aliphatic carbocycles. The summed E-state index contributed by atoms with van der Waals surface area (Å²) in [6.45, 7) is 3.53. The molecule has 1 amide bonds. The molecular weight excluding hydrogens is 351 g/mol. The second-order valence-electron chi connectivity index (χ2n) is 6.50. The van der Waals surface area contributed by atoms with Crippen molar-refractivity contribution in [1.29, 1.82) is 0 Å². The number of hydrogen-bond acceptors (Lipinski definition) is 4. The zero-order valence-corrected chi connectivity index (χ0v) is 14.6. The van der Waals surface area contributed by atoms with Crippen LogP contribution in [0.3, 0.4) is 0 Å². The van der Waals surface area contributed by atoms with Crippen LogP contribution in [0.15, 0.2) is 24.3 Å². The summed E-state index contributed by atoms with van der Waals surface area (Å²) in [5, 5.41) is 2.90. The van der Waals surface area contributed by atoms with Gasteiger partial charge < -0.3 is 14.8 Å². The van der Waals surface area contributed by atoms with Crippen molar-refractivity contribution in [1.82, 2.24) is 5.32 Å². The summed E-state index contributed by atoms with van der Waals surface area (Å²) in [5.74, 6) is -1.24. The lowest BCUT2D eigenvalue weighted by Crippen LogP contribution is -2.45. The van der Waals surface area contributed by atoms with E-state index < -0.39 is 24.2 Å². The molecule has 26 heavy (non-hydrogen) atoms. The third-order valence-corrected chi connectivity index (χ3v) is 4.42. The van der Waals surface area contributed by atoms with Gasteiger partial charge in [0.15, 0.2) is 6.10 Å². The Hall–Kier alpha value is -2.25. The third kappa shape index (κ3) is 5.93. The maximum atomic E-state index is 12.2. The number of nitrogens with one attached hydrogen (secondary N) is 1. The fourth-order valence-corrected chi connectivity index (χ4v) is 2.91. The standard InChI is InChI=1S/C18H22F3NO4/c1-11-5-3-4-6-15(11)22-16(23)12(2)25-17(24)13-7-9-14(10-8-13)26-18(19,20)21/h7-12,15H,3-6H2,1-2H3,(H,22,23)/t11-,12-,15-/m1/s1. The predicted molar refractivity (Wildman–Crippen MR) is 87.6 cm³/mol. The van der Waals surface area contributed by atoms with Crippen molar-refractivity contribution in [2.45, 2.75) is 58.0 Å². The molecule has 1 aliphatic rings. The summed E-state index contributed by atoms with van der Waals surface area (Å²) in [4.78, 5) is 24.2. The second kappa shape index (κ2) is 8.42. The molecule has 0 saturated heterocycles. The molecule has 0 spiro atoms. The van der Waals surface area contributed by atoms with Crippen LogP contribution < -0.4 is 10.1 Å². The molecule has 8 heteroatoms. The highest BCUT2D eigenvalue weighted by atomic mass is 19.4. The van der Waals surface area contributed by atoms with Crippen LogP contribution in [0.5, 0.6) is 5.75 Å². The van der Waals surface area contributed by atoms with Crippen molar-refractivity contribution < 1.29 is 32.2 Å². The molecule has 0 heterocycles. The van der Waals surface area contributed by atoms with E-state index in [0.717, 1.165) is 49.9 Å². The zero-order chi connectivity index (χ0) is 19.3. The molecular formula is C18H22F3NO4. The summed E-state index contributed by atoms with van der Waals surface area (Å²) in [5.41, 5.74) is 0.0326. The monoisotopic (exact) mass is 373 g/mol. The second-order valence-corrected chi connectivity index (χ2v) is 6.50. The number of esters is 1. The fourth-order valence-electron chi connectivity index (χ4n) is 2.91. The van der Waals surface area contributed by atoms with Gasteiger partial charge in [0.1, 0.15) is 5.75 Å². The number of hydrogen-bond donors (Lipinski definition) is 1. The van der Waals surface area contributed by atoms with Crippen molar-refractivity contribution >= 4 is 11.9 Å². The number of ether oxygens (including phenoxy) is 2. The SMILES string of the molecule is C[C@@H]1CCCC[C@H]1NC(=O)[C@@H](C)OC(=O)c1ccc(OC(F)(F)F)cc1. The lowest BCUT2D eigenvalue weighted by molar-refractivity contribution is -0.274. The van der Waals surface area contributed by atoms with Crippen molar-refractivity contribution in [3.05, 3.63) is 29.8 Å². The Labute approximate surface area is 149 Å². The van der Waals surface area contributed by atoms with E-state index in [2.05, 4.69) is 17.0 Å². The van der Waals surface area contributed by atoms with Crippen LogP contribution in [0, 0.1) is 5.92 Å². The van der Waals surface area contributed by atoms with Gasteiger partial charge in [-0.2, -0.15) is 0 Å². The van der Waals surface area contributed by atoms with E-state index in [4.69, 9.17) is 4.74 Å². The van der Waals surface area contributed by atoms with Gasteiger partial charge in [-0.05, 0) is 49.9 Å². The molecule has 2 rings (SSSR count). The summed E-state index contributed by atoms with van der Waals surface area (Å²) in [6, 6.07) is 4.39. The van der Waals surface area contributed by atoms with Crippen LogP contribution in [-0.2, 0) is 9.53 Å². The first-order chi connectivity index (χ1) is 12.2. The van der Waals surface area contributed by atoms with Gasteiger partial charge >= 0.3 is 12.3 Å². The summed E-state index contributed by atoms with van der Waals surface area (Å²) < 4.78 is 45.2. The van der Waals surface area contributed by atoms with Crippen LogP contribution in [0.4, 0.5) is 13.2 Å². The Morgan fingerprint density at radius 1 is 1.15 bits per heavy atom. The van der Waals surface area contributed by atoms with E-state index in [1.807, 2.05) is 0 Å². The number of carbonyl (C=O) groups excluding carboxylic acids is 2. The van der Waals surface area contributed by atoms with Gasteiger partial charge in [-0.3, -0.25) is 4.79 Å². The third-order valence-electron chi connectivity index (χ3n) is 4.42. The number of alkyl halides is 3. The number of amides is 1. The van der Waals surface area contributed by atoms with E-state index >= 15 is 0 Å². The van der Waals surface area contributed by atoms with E-state index in [1.165, 1.54) is 6.92 Å². The van der Waals surface area contributed by atoms with Gasteiger partial charge in [-0.25, -0.2) is 4.79 Å². The first-order valence-electron chi connectivity index (χ1n) is 8.53. The molecule has 1 aromatic rings. The lowest BCUT2D eigenvalue weighted by Gasteiger charge is -2.30. The van der Waals surface area contributed by atoms with E-state index in [0.29, 0.717) is 5.92 Å². The molecule has 0 bridgehead atoms. The van der Waals surface area contributed by atoms with Crippen molar-refractivity contribution in [3.63, 3.8) is 0 Å². The Morgan fingerprint density at radius 2 is 1.77 bits per heavy atom. The summed E-state index contributed by atoms with van der Waals surface area (Å²) in [6.07, 6.45) is -1.66. The van der Waals surface area contributed by atoms with E-state index in [1.54, 1.807) is 0 Å². The largest absolute Gasteiger partial charge is 0.573 e. The smallest absolute Gasteiger partial charge is 0.449 e. The lowest BCUT2D eigenvalue weighted by atomic mass is 9.86. The van der Waals surface area contributed by atoms with Crippen LogP contribution >= 0.6 is 0 Å². The minimum absolute atomic E-state index is 0.0326. The van der Waals surface area contributed by atoms with Gasteiger partial charge in [0.25, 0.3) is 5.91 Å². The average molecular weight is 373 g/mol. The number of rotatable bonds is 5. The molecule has 0 unspecified atom stereocenters. The van der Waals surface area contributed by atoms with Crippen molar-refractivity contribution in [2.75, 3.05) is 0 Å². The van der Waals surface area contributed by atoms with Gasteiger partial charge in [0.05, 0.1) is 5.56 Å². The van der Waals surface area contributed by atoms with E-state index in [-0.39, 0.29) is 17.5 Å². The molecule has 1 fully saturated rings. The predicted octanol–water partition coefficient (Wildman–Crippen LogP) is 3.83. The molecule has 5 nitrogen and oxygen atoms in total. The molecule has 0 radical (unpaired) electrons. The number of halogens is 3. The van der Waals surface area contributed by atoms with Gasteiger partial charge in [0.2, 0.25) is 0 Å². The minimum atomic E-state index is -4.80. The van der Waals surface area contributed by atoms with Crippen molar-refractivity contribution in [2.24, 2.45) is 5.92 Å². The molecule has 1 aromatic carbocycles. The Balaban J connectivity index is 1.88. The highest BCUT2D eigenvalue weighted by Gasteiger charge is 2.31. The number of carbonyl (C=O) groups is 2. The maximum absolute atomic E-state index is 12.2. The summed E-state index contributed by atoms with van der Waals surface area (Å²) >= 11 is 0. The molecule has 0 aliphatic heterocycles. The maximum Gasteiger partial charge on any atom is 0.573 e. The zero-order valence-electron chi connectivity index (χ0n) is 14.6. The quantitative estimate of drug-likeness (QED) is 0.797. The topological polar surface area (TPSA) is 64.6 Å². The van der Waals surface area contributed by atoms with Gasteiger partial charge in [0, 0.05) is 6.04 Å². The minimum Gasteiger partial charge on any atom is -0.449 e. The van der Waals surface area contributed by atoms with Crippen molar-refractivity contribution in [3.8, 4) is 5.75 Å². The Kier molecular flexibility index (Phi) is 6.50. The summed E-state index contributed by atoms with van der Waals surface area (Å²) in [7, 11) is 0. The molecule has 1 N–H and O–H groups in total. The number of benzene rings is 1. The Bertz CT molecular complexity index is 630. The van der Waals surface area contributed by atoms with Gasteiger partial charge in [-0.1, -0.05) is 19.8 Å². The highest BCUT2D eigenvalue weighted by Crippen LogP contribution is 2.24. The molecule has 1 saturated carbocycles. The fraction of sp³-hybridized carbons (Fsp3) is 0.556. The average Bonchev–Trinajstić information content (AvgIpc) is 2.56. The Morgan fingerprint density at radius 3 is 2.35 bits per heavy atom. The van der Waals surface area contributed by atoms with Crippen LogP contribution in [0.25, 0.3) is 0 Å². The molecule has 144 valence electrons. The molecule has 0 aromatic heterocycles. The first kappa shape index (κ1) is 20.1. The normalized spacial score (nSPS) is 21.6. The highest BCUT2D eigenvalue weighted by molar-refractivity contribution is 5.92. The van der Waals surface area contributed by atoms with Crippen LogP contribution in [0.1, 0.15) is 49.9 Å². The van der Waals surface area contributed by atoms with Crippen LogP contribution in [-0.4, -0.2) is 30.4 Å². The first-order valence-corrected chi connectivity index (χ1v) is 8.53. The van der Waals surface area contributed by atoms with Crippen LogP contribution in [0.2, 0.25) is 0 Å².